The largest absolute Gasteiger partial charge is 0.305 e. The number of nitrogens with one attached hydrogen (secondary N) is 1. The smallest absolute Gasteiger partial charge is 0.156 e. The Morgan fingerprint density at radius 3 is 2.69 bits per heavy atom. The van der Waals surface area contributed by atoms with Crippen molar-refractivity contribution in [3.05, 3.63) is 35.6 Å². The fourth-order valence-electron chi connectivity index (χ4n) is 2.12. The highest BCUT2D eigenvalue weighted by Crippen LogP contribution is 2.21. The van der Waals surface area contributed by atoms with Crippen LogP contribution in [0, 0.1) is 5.82 Å². The number of rotatable bonds is 3. The molecule has 86 valence electrons. The lowest BCUT2D eigenvalue weighted by Crippen LogP contribution is -2.45. The Kier molecular flexibility index (Phi) is 3.06. The van der Waals surface area contributed by atoms with Crippen LogP contribution >= 0.6 is 0 Å². The predicted octanol–water partition coefficient (Wildman–Crippen LogP) is 2.08. The van der Waals surface area contributed by atoms with Crippen molar-refractivity contribution in [2.75, 3.05) is 6.54 Å². The molecule has 16 heavy (non-hydrogen) atoms. The molecule has 1 atom stereocenters. The van der Waals surface area contributed by atoms with E-state index in [0.29, 0.717) is 6.42 Å². The summed E-state index contributed by atoms with van der Waals surface area (Å²) in [5.74, 6) is -0.0713. The molecule has 2 nitrogen and oxygen atoms in total. The molecular weight excluding hydrogens is 205 g/mol. The summed E-state index contributed by atoms with van der Waals surface area (Å²) in [6.45, 7) is 2.86. The first-order valence-corrected chi connectivity index (χ1v) is 5.63. The van der Waals surface area contributed by atoms with Gasteiger partial charge in [0.25, 0.3) is 0 Å². The number of benzene rings is 1. The molecule has 1 fully saturated rings. The molecule has 1 saturated heterocycles. The van der Waals surface area contributed by atoms with Crippen molar-refractivity contribution < 1.29 is 9.18 Å². The SMILES string of the molecule is CC1(C(=O)Cc2ccc(F)cc2)CCCN1. The third-order valence-corrected chi connectivity index (χ3v) is 3.26. The van der Waals surface area contributed by atoms with Crippen molar-refractivity contribution in [3.8, 4) is 0 Å². The molecule has 0 radical (unpaired) electrons. The standard InChI is InChI=1S/C13H16FNO/c1-13(7-2-8-15-13)12(16)9-10-3-5-11(14)6-4-10/h3-6,15H,2,7-9H2,1H3. The highest BCUT2D eigenvalue weighted by molar-refractivity contribution is 5.90. The zero-order valence-corrected chi connectivity index (χ0v) is 9.42. The maximum atomic E-state index is 12.7. The summed E-state index contributed by atoms with van der Waals surface area (Å²) in [6, 6.07) is 6.14. The van der Waals surface area contributed by atoms with Gasteiger partial charge in [-0.1, -0.05) is 12.1 Å². The minimum absolute atomic E-state index is 0.191. The predicted molar refractivity (Wildman–Crippen MR) is 60.8 cm³/mol. The Balaban J connectivity index is 2.04. The molecule has 0 saturated carbocycles. The molecular formula is C13H16FNO. The molecule has 1 heterocycles. The molecule has 1 aliphatic rings. The fourth-order valence-corrected chi connectivity index (χ4v) is 2.12. The molecule has 0 aromatic heterocycles. The van der Waals surface area contributed by atoms with Crippen LogP contribution in [0.25, 0.3) is 0 Å². The number of ketones is 1. The van der Waals surface area contributed by atoms with Gasteiger partial charge in [-0.05, 0) is 44.0 Å². The second-order valence-electron chi connectivity index (χ2n) is 4.59. The van der Waals surface area contributed by atoms with E-state index >= 15 is 0 Å². The summed E-state index contributed by atoms with van der Waals surface area (Å²) in [6.07, 6.45) is 2.32. The van der Waals surface area contributed by atoms with Crippen molar-refractivity contribution in [1.82, 2.24) is 5.32 Å². The molecule has 0 bridgehead atoms. The van der Waals surface area contributed by atoms with E-state index in [1.54, 1.807) is 12.1 Å². The number of carbonyl (C=O) groups excluding carboxylic acids is 1. The molecule has 2 rings (SSSR count). The van der Waals surface area contributed by atoms with E-state index in [-0.39, 0.29) is 17.1 Å². The van der Waals surface area contributed by atoms with E-state index in [1.165, 1.54) is 12.1 Å². The summed E-state index contributed by atoms with van der Waals surface area (Å²) in [5.41, 5.74) is 0.496. The molecule has 1 aromatic rings. The molecule has 1 aromatic carbocycles. The van der Waals surface area contributed by atoms with Crippen LogP contribution in [0.15, 0.2) is 24.3 Å². The first-order valence-electron chi connectivity index (χ1n) is 5.63. The zero-order valence-electron chi connectivity index (χ0n) is 9.42. The average molecular weight is 221 g/mol. The number of Topliss-reactive ketones (excluding diaryl/α,β-unsaturated/α-hetero) is 1. The number of halogens is 1. The van der Waals surface area contributed by atoms with Gasteiger partial charge in [-0.15, -0.1) is 0 Å². The second-order valence-corrected chi connectivity index (χ2v) is 4.59. The van der Waals surface area contributed by atoms with Crippen molar-refractivity contribution in [3.63, 3.8) is 0 Å². The van der Waals surface area contributed by atoms with Crippen LogP contribution in [0.2, 0.25) is 0 Å². The third kappa shape index (κ3) is 2.30. The van der Waals surface area contributed by atoms with Crippen molar-refractivity contribution in [2.45, 2.75) is 31.7 Å². The lowest BCUT2D eigenvalue weighted by atomic mass is 9.90. The maximum Gasteiger partial charge on any atom is 0.156 e. The van der Waals surface area contributed by atoms with E-state index < -0.39 is 0 Å². The van der Waals surface area contributed by atoms with Gasteiger partial charge >= 0.3 is 0 Å². The average Bonchev–Trinajstić information content (AvgIpc) is 2.70. The lowest BCUT2D eigenvalue weighted by molar-refractivity contribution is -0.123. The quantitative estimate of drug-likeness (QED) is 0.846. The van der Waals surface area contributed by atoms with Crippen LogP contribution in [0.5, 0.6) is 0 Å². The summed E-state index contributed by atoms with van der Waals surface area (Å²) in [7, 11) is 0. The zero-order chi connectivity index (χ0) is 11.6. The third-order valence-electron chi connectivity index (χ3n) is 3.26. The Hall–Kier alpha value is -1.22. The molecule has 3 heteroatoms. The van der Waals surface area contributed by atoms with Crippen LogP contribution in [-0.4, -0.2) is 17.9 Å². The van der Waals surface area contributed by atoms with E-state index in [2.05, 4.69) is 5.32 Å². The Morgan fingerprint density at radius 2 is 2.12 bits per heavy atom. The first-order chi connectivity index (χ1) is 7.60. The van der Waals surface area contributed by atoms with Crippen LogP contribution in [0.3, 0.4) is 0 Å². The minimum Gasteiger partial charge on any atom is -0.305 e. The monoisotopic (exact) mass is 221 g/mol. The van der Waals surface area contributed by atoms with Crippen LogP contribution in [-0.2, 0) is 11.2 Å². The maximum absolute atomic E-state index is 12.7. The molecule has 1 N–H and O–H groups in total. The molecule has 1 unspecified atom stereocenters. The Labute approximate surface area is 94.9 Å². The van der Waals surface area contributed by atoms with Crippen molar-refractivity contribution in [2.24, 2.45) is 0 Å². The summed E-state index contributed by atoms with van der Waals surface area (Å²) < 4.78 is 12.7. The first kappa shape index (κ1) is 11.3. The molecule has 0 spiro atoms. The van der Waals surface area contributed by atoms with Gasteiger partial charge in [-0.3, -0.25) is 4.79 Å². The summed E-state index contributed by atoms with van der Waals surface area (Å²) in [5, 5.41) is 3.24. The van der Waals surface area contributed by atoms with Gasteiger partial charge in [0.2, 0.25) is 0 Å². The summed E-state index contributed by atoms with van der Waals surface area (Å²) in [4.78, 5) is 12.1. The van der Waals surface area contributed by atoms with Crippen LogP contribution in [0.1, 0.15) is 25.3 Å². The van der Waals surface area contributed by atoms with E-state index in [9.17, 15) is 9.18 Å². The number of hydrogen-bond donors (Lipinski definition) is 1. The van der Waals surface area contributed by atoms with Gasteiger partial charge in [0.05, 0.1) is 5.54 Å². The molecule has 0 aliphatic carbocycles. The van der Waals surface area contributed by atoms with Crippen LogP contribution < -0.4 is 5.32 Å². The highest BCUT2D eigenvalue weighted by atomic mass is 19.1. The normalized spacial score (nSPS) is 24.6. The van der Waals surface area contributed by atoms with Gasteiger partial charge in [0.1, 0.15) is 5.82 Å². The van der Waals surface area contributed by atoms with Crippen molar-refractivity contribution >= 4 is 5.78 Å². The molecule has 1 aliphatic heterocycles. The van der Waals surface area contributed by atoms with Gasteiger partial charge in [0, 0.05) is 6.42 Å². The fraction of sp³-hybridized carbons (Fsp3) is 0.462. The van der Waals surface area contributed by atoms with Crippen molar-refractivity contribution in [1.29, 1.82) is 0 Å². The van der Waals surface area contributed by atoms with Gasteiger partial charge < -0.3 is 5.32 Å². The van der Waals surface area contributed by atoms with E-state index in [4.69, 9.17) is 0 Å². The highest BCUT2D eigenvalue weighted by Gasteiger charge is 2.35. The Bertz CT molecular complexity index is 379. The second kappa shape index (κ2) is 4.34. The van der Waals surface area contributed by atoms with Gasteiger partial charge in [-0.25, -0.2) is 4.39 Å². The van der Waals surface area contributed by atoms with E-state index in [0.717, 1.165) is 24.9 Å². The lowest BCUT2D eigenvalue weighted by Gasteiger charge is -2.22. The number of hydrogen-bond acceptors (Lipinski definition) is 2. The van der Waals surface area contributed by atoms with Gasteiger partial charge in [-0.2, -0.15) is 0 Å². The van der Waals surface area contributed by atoms with Gasteiger partial charge in [0.15, 0.2) is 5.78 Å². The number of carbonyl (C=O) groups is 1. The minimum atomic E-state index is -0.381. The summed E-state index contributed by atoms with van der Waals surface area (Å²) >= 11 is 0. The molecule has 0 amide bonds. The Morgan fingerprint density at radius 1 is 1.44 bits per heavy atom. The van der Waals surface area contributed by atoms with Crippen LogP contribution in [0.4, 0.5) is 4.39 Å². The topological polar surface area (TPSA) is 29.1 Å². The van der Waals surface area contributed by atoms with E-state index in [1.807, 2.05) is 6.92 Å².